The highest BCUT2D eigenvalue weighted by atomic mass is 35.5. The summed E-state index contributed by atoms with van der Waals surface area (Å²) >= 11 is 6.04. The normalized spacial score (nSPS) is 11.9. The van der Waals surface area contributed by atoms with Crippen molar-refractivity contribution in [1.29, 1.82) is 0 Å². The highest BCUT2D eigenvalue weighted by molar-refractivity contribution is 6.34. The van der Waals surface area contributed by atoms with Crippen molar-refractivity contribution >= 4 is 23.2 Å². The summed E-state index contributed by atoms with van der Waals surface area (Å²) in [6.07, 6.45) is 0. The van der Waals surface area contributed by atoms with Crippen LogP contribution in [-0.4, -0.2) is 17.9 Å². The molecule has 0 spiro atoms. The van der Waals surface area contributed by atoms with E-state index in [-0.39, 0.29) is 34.1 Å². The van der Waals surface area contributed by atoms with Gasteiger partial charge in [-0.25, -0.2) is 0 Å². The fraction of sp³-hybridized carbons (Fsp3) is 0.278. The molecule has 0 aliphatic heterocycles. The number of hydrogen-bond acceptors (Lipinski definition) is 4. The molecule has 7 heteroatoms. The van der Waals surface area contributed by atoms with E-state index in [4.69, 9.17) is 16.3 Å². The summed E-state index contributed by atoms with van der Waals surface area (Å²) in [5.74, 6) is 0.486. The largest absolute Gasteiger partial charge is 0.497 e. The van der Waals surface area contributed by atoms with Crippen LogP contribution in [0.15, 0.2) is 42.5 Å². The third-order valence-corrected chi connectivity index (χ3v) is 4.15. The lowest BCUT2D eigenvalue weighted by Crippen LogP contribution is -2.31. The van der Waals surface area contributed by atoms with Gasteiger partial charge in [0.15, 0.2) is 0 Å². The molecule has 0 radical (unpaired) electrons. The van der Waals surface area contributed by atoms with E-state index in [9.17, 15) is 14.9 Å². The first-order chi connectivity index (χ1) is 11.8. The van der Waals surface area contributed by atoms with Gasteiger partial charge in [-0.2, -0.15) is 0 Å². The second kappa shape index (κ2) is 7.98. The molecule has 2 aromatic carbocycles. The van der Waals surface area contributed by atoms with Crippen LogP contribution in [0.5, 0.6) is 5.75 Å². The molecule has 0 heterocycles. The second-order valence-corrected chi connectivity index (χ2v) is 6.30. The number of hydrogen-bond donors (Lipinski definition) is 1. The number of halogens is 1. The van der Waals surface area contributed by atoms with Crippen molar-refractivity contribution in [3.63, 3.8) is 0 Å². The number of nitro groups is 1. The van der Waals surface area contributed by atoms with Gasteiger partial charge in [-0.1, -0.05) is 37.6 Å². The maximum absolute atomic E-state index is 12.6. The predicted molar refractivity (Wildman–Crippen MR) is 96.1 cm³/mol. The molecule has 25 heavy (non-hydrogen) atoms. The standard InChI is InChI=1S/C18H19ClN2O4/c1-11(2)17(12-4-7-14(25-3)8-5-12)20-18(22)15-9-6-13(21(23)24)10-16(15)19/h4-11,17H,1-3H3,(H,20,22)/t17-/m1/s1. The number of carbonyl (C=O) groups is 1. The van der Waals surface area contributed by atoms with Gasteiger partial charge in [0.25, 0.3) is 11.6 Å². The maximum Gasteiger partial charge on any atom is 0.270 e. The zero-order valence-corrected chi connectivity index (χ0v) is 14.9. The Morgan fingerprint density at radius 1 is 1.20 bits per heavy atom. The Labute approximate surface area is 150 Å². The highest BCUT2D eigenvalue weighted by Gasteiger charge is 2.21. The van der Waals surface area contributed by atoms with E-state index in [0.717, 1.165) is 11.3 Å². The Hall–Kier alpha value is -2.60. The van der Waals surface area contributed by atoms with Gasteiger partial charge in [0.05, 0.1) is 28.7 Å². The summed E-state index contributed by atoms with van der Waals surface area (Å²) in [5, 5.41) is 13.8. The van der Waals surface area contributed by atoms with Crippen LogP contribution >= 0.6 is 11.6 Å². The molecule has 0 bridgehead atoms. The van der Waals surface area contributed by atoms with Crippen molar-refractivity contribution in [2.24, 2.45) is 5.92 Å². The predicted octanol–water partition coefficient (Wildman–Crippen LogP) is 4.38. The molecule has 0 saturated heterocycles. The van der Waals surface area contributed by atoms with E-state index in [2.05, 4.69) is 5.32 Å². The van der Waals surface area contributed by atoms with Gasteiger partial charge in [-0.05, 0) is 29.7 Å². The van der Waals surface area contributed by atoms with Crippen molar-refractivity contribution in [3.05, 3.63) is 68.7 Å². The Balaban J connectivity index is 2.24. The third kappa shape index (κ3) is 4.48. The van der Waals surface area contributed by atoms with E-state index in [1.165, 1.54) is 18.2 Å². The summed E-state index contributed by atoms with van der Waals surface area (Å²) in [7, 11) is 1.59. The molecule has 0 unspecified atom stereocenters. The van der Waals surface area contributed by atoms with Gasteiger partial charge in [0.1, 0.15) is 5.75 Å². The van der Waals surface area contributed by atoms with Crippen molar-refractivity contribution in [2.75, 3.05) is 7.11 Å². The number of benzene rings is 2. The molecule has 0 aromatic heterocycles. The molecule has 0 aliphatic carbocycles. The zero-order valence-electron chi connectivity index (χ0n) is 14.2. The smallest absolute Gasteiger partial charge is 0.270 e. The first-order valence-electron chi connectivity index (χ1n) is 7.72. The number of amides is 1. The highest BCUT2D eigenvalue weighted by Crippen LogP contribution is 2.26. The maximum atomic E-state index is 12.6. The van der Waals surface area contributed by atoms with E-state index in [1.807, 2.05) is 38.1 Å². The van der Waals surface area contributed by atoms with Crippen LogP contribution in [0, 0.1) is 16.0 Å². The Morgan fingerprint density at radius 2 is 1.84 bits per heavy atom. The van der Waals surface area contributed by atoms with Crippen LogP contribution in [0.25, 0.3) is 0 Å². The van der Waals surface area contributed by atoms with Crippen LogP contribution in [0.3, 0.4) is 0 Å². The minimum atomic E-state index is -0.554. The molecule has 132 valence electrons. The van der Waals surface area contributed by atoms with Gasteiger partial charge < -0.3 is 10.1 Å². The fourth-order valence-electron chi connectivity index (χ4n) is 2.47. The average Bonchev–Trinajstić information content (AvgIpc) is 2.59. The summed E-state index contributed by atoms with van der Waals surface area (Å²) in [4.78, 5) is 22.8. The van der Waals surface area contributed by atoms with Gasteiger partial charge in [-0.15, -0.1) is 0 Å². The lowest BCUT2D eigenvalue weighted by molar-refractivity contribution is -0.384. The van der Waals surface area contributed by atoms with Crippen molar-refractivity contribution in [1.82, 2.24) is 5.32 Å². The number of nitro benzene ring substituents is 1. The number of ether oxygens (including phenoxy) is 1. The van der Waals surface area contributed by atoms with Crippen molar-refractivity contribution in [2.45, 2.75) is 19.9 Å². The molecule has 0 fully saturated rings. The van der Waals surface area contributed by atoms with E-state index < -0.39 is 4.92 Å². The zero-order chi connectivity index (χ0) is 18.6. The van der Waals surface area contributed by atoms with E-state index in [1.54, 1.807) is 7.11 Å². The summed E-state index contributed by atoms with van der Waals surface area (Å²) in [6, 6.07) is 11.0. The topological polar surface area (TPSA) is 81.5 Å². The number of non-ortho nitro benzene ring substituents is 1. The molecular formula is C18H19ClN2O4. The molecule has 0 aliphatic rings. The number of rotatable bonds is 6. The number of nitrogens with zero attached hydrogens (tertiary/aromatic N) is 1. The molecule has 6 nitrogen and oxygen atoms in total. The van der Waals surface area contributed by atoms with Gasteiger partial charge in [-0.3, -0.25) is 14.9 Å². The Morgan fingerprint density at radius 3 is 2.32 bits per heavy atom. The van der Waals surface area contributed by atoms with Crippen LogP contribution in [0.2, 0.25) is 5.02 Å². The van der Waals surface area contributed by atoms with Crippen LogP contribution in [0.1, 0.15) is 35.8 Å². The molecular weight excluding hydrogens is 344 g/mol. The number of nitrogens with one attached hydrogen (secondary N) is 1. The van der Waals surface area contributed by atoms with Crippen molar-refractivity contribution < 1.29 is 14.5 Å². The summed E-state index contributed by atoms with van der Waals surface area (Å²) in [6.45, 7) is 3.99. The van der Waals surface area contributed by atoms with Crippen LogP contribution in [-0.2, 0) is 0 Å². The molecule has 2 aromatic rings. The second-order valence-electron chi connectivity index (χ2n) is 5.89. The van der Waals surface area contributed by atoms with Crippen LogP contribution < -0.4 is 10.1 Å². The fourth-order valence-corrected chi connectivity index (χ4v) is 2.73. The SMILES string of the molecule is COc1ccc([C@H](NC(=O)c2ccc([N+](=O)[O-])cc2Cl)C(C)C)cc1. The third-order valence-electron chi connectivity index (χ3n) is 3.84. The molecule has 1 amide bonds. The molecule has 1 atom stereocenters. The lowest BCUT2D eigenvalue weighted by Gasteiger charge is -2.23. The minimum absolute atomic E-state index is 0.0453. The number of carbonyl (C=O) groups excluding carboxylic acids is 1. The van der Waals surface area contributed by atoms with Gasteiger partial charge >= 0.3 is 0 Å². The summed E-state index contributed by atoms with van der Waals surface area (Å²) < 4.78 is 5.15. The summed E-state index contributed by atoms with van der Waals surface area (Å²) in [5.41, 5.74) is 0.978. The first kappa shape index (κ1) is 18.7. The Bertz CT molecular complexity index is 775. The van der Waals surface area contributed by atoms with Crippen LogP contribution in [0.4, 0.5) is 5.69 Å². The van der Waals surface area contributed by atoms with Gasteiger partial charge in [0, 0.05) is 12.1 Å². The lowest BCUT2D eigenvalue weighted by atomic mass is 9.95. The average molecular weight is 363 g/mol. The van der Waals surface area contributed by atoms with E-state index in [0.29, 0.717) is 0 Å². The quantitative estimate of drug-likeness (QED) is 0.610. The molecule has 2 rings (SSSR count). The molecule has 1 N–H and O–H groups in total. The van der Waals surface area contributed by atoms with E-state index >= 15 is 0 Å². The Kier molecular flexibility index (Phi) is 5.98. The van der Waals surface area contributed by atoms with Gasteiger partial charge in [0.2, 0.25) is 0 Å². The monoisotopic (exact) mass is 362 g/mol. The molecule has 0 saturated carbocycles. The van der Waals surface area contributed by atoms with Crippen molar-refractivity contribution in [3.8, 4) is 5.75 Å². The minimum Gasteiger partial charge on any atom is -0.497 e. The number of methoxy groups -OCH3 is 1. The first-order valence-corrected chi connectivity index (χ1v) is 8.10.